The number of hydrogen-bond donors (Lipinski definition) is 1. The molecular weight excluding hydrogens is 466 g/mol. The molecule has 1 aromatic heterocycles. The predicted molar refractivity (Wildman–Crippen MR) is 122 cm³/mol. The number of fused-ring (bicyclic) bond motifs is 1. The van der Waals surface area contributed by atoms with Gasteiger partial charge in [0.05, 0.1) is 11.3 Å². The number of amides is 1. The molecule has 0 bridgehead atoms. The second-order valence-electron chi connectivity index (χ2n) is 6.89. The number of rotatable bonds is 9. The maximum atomic E-state index is 12.6. The van der Waals surface area contributed by atoms with Crippen molar-refractivity contribution in [3.8, 4) is 5.75 Å². The van der Waals surface area contributed by atoms with Crippen LogP contribution in [0.15, 0.2) is 82.4 Å². The van der Waals surface area contributed by atoms with Gasteiger partial charge in [0.15, 0.2) is 12.2 Å². The highest BCUT2D eigenvalue weighted by atomic mass is 32.2. The van der Waals surface area contributed by atoms with Crippen LogP contribution in [-0.2, 0) is 15.3 Å². The minimum Gasteiger partial charge on any atom is -0.452 e. The SMILES string of the molecule is O=C(COC(=O)c1ccccc1CSc1nc2ccccc2o1)Nc1ccccc1OC(F)F. The van der Waals surface area contributed by atoms with Crippen molar-refractivity contribution in [1.29, 1.82) is 0 Å². The van der Waals surface area contributed by atoms with E-state index >= 15 is 0 Å². The van der Waals surface area contributed by atoms with Crippen LogP contribution in [0.1, 0.15) is 15.9 Å². The normalized spacial score (nSPS) is 10.9. The number of aromatic nitrogens is 1. The Bertz CT molecular complexity index is 1280. The molecule has 1 N–H and O–H groups in total. The van der Waals surface area contributed by atoms with Gasteiger partial charge < -0.3 is 19.2 Å². The van der Waals surface area contributed by atoms with Crippen LogP contribution in [0.25, 0.3) is 11.1 Å². The summed E-state index contributed by atoms with van der Waals surface area (Å²) in [5.41, 5.74) is 2.42. The summed E-state index contributed by atoms with van der Waals surface area (Å²) in [4.78, 5) is 29.2. The molecular formula is C24H18F2N2O5S. The van der Waals surface area contributed by atoms with Gasteiger partial charge in [0.25, 0.3) is 11.1 Å². The fourth-order valence-corrected chi connectivity index (χ4v) is 3.90. The van der Waals surface area contributed by atoms with E-state index < -0.39 is 25.1 Å². The van der Waals surface area contributed by atoms with Crippen molar-refractivity contribution < 1.29 is 32.3 Å². The number of anilines is 1. The molecule has 0 unspecified atom stereocenters. The number of carbonyl (C=O) groups excluding carboxylic acids is 2. The molecule has 0 aliphatic rings. The highest BCUT2D eigenvalue weighted by Crippen LogP contribution is 2.28. The van der Waals surface area contributed by atoms with Crippen molar-refractivity contribution in [3.63, 3.8) is 0 Å². The number of para-hydroxylation sites is 4. The Morgan fingerprint density at radius 2 is 1.74 bits per heavy atom. The zero-order valence-electron chi connectivity index (χ0n) is 17.6. The van der Waals surface area contributed by atoms with E-state index in [1.807, 2.05) is 24.3 Å². The summed E-state index contributed by atoms with van der Waals surface area (Å²) in [5.74, 6) is -1.19. The second-order valence-corrected chi connectivity index (χ2v) is 7.82. The molecule has 0 atom stereocenters. The fraction of sp³-hybridized carbons (Fsp3) is 0.125. The quantitative estimate of drug-likeness (QED) is 0.247. The molecule has 0 fully saturated rings. The van der Waals surface area contributed by atoms with Gasteiger partial charge in [-0.3, -0.25) is 4.79 Å². The minimum atomic E-state index is -3.04. The van der Waals surface area contributed by atoms with Crippen LogP contribution in [0.4, 0.5) is 14.5 Å². The summed E-state index contributed by atoms with van der Waals surface area (Å²) in [6, 6.07) is 19.9. The third kappa shape index (κ3) is 5.90. The number of oxazole rings is 1. The Labute approximate surface area is 197 Å². The van der Waals surface area contributed by atoms with Gasteiger partial charge in [-0.05, 0) is 35.9 Å². The first kappa shape index (κ1) is 23.2. The molecule has 174 valence electrons. The highest BCUT2D eigenvalue weighted by Gasteiger charge is 2.17. The van der Waals surface area contributed by atoms with E-state index in [1.54, 1.807) is 30.3 Å². The molecule has 0 saturated heterocycles. The molecule has 1 amide bonds. The van der Waals surface area contributed by atoms with Crippen LogP contribution in [0.5, 0.6) is 5.75 Å². The van der Waals surface area contributed by atoms with Crippen molar-refractivity contribution in [1.82, 2.24) is 4.98 Å². The summed E-state index contributed by atoms with van der Waals surface area (Å²) in [7, 11) is 0. The monoisotopic (exact) mass is 484 g/mol. The summed E-state index contributed by atoms with van der Waals surface area (Å²) in [6.07, 6.45) is 0. The number of esters is 1. The summed E-state index contributed by atoms with van der Waals surface area (Å²) in [6.45, 7) is -3.64. The van der Waals surface area contributed by atoms with Crippen LogP contribution in [0.2, 0.25) is 0 Å². The van der Waals surface area contributed by atoms with Crippen LogP contribution >= 0.6 is 11.8 Å². The van der Waals surface area contributed by atoms with E-state index in [-0.39, 0.29) is 11.4 Å². The van der Waals surface area contributed by atoms with Gasteiger partial charge in [-0.25, -0.2) is 9.78 Å². The molecule has 4 aromatic rings. The number of hydrogen-bond acceptors (Lipinski definition) is 7. The Morgan fingerprint density at radius 1 is 1.00 bits per heavy atom. The molecule has 1 heterocycles. The van der Waals surface area contributed by atoms with Gasteiger partial charge in [0.2, 0.25) is 0 Å². The fourth-order valence-electron chi connectivity index (χ4n) is 3.06. The molecule has 34 heavy (non-hydrogen) atoms. The van der Waals surface area contributed by atoms with Gasteiger partial charge in [-0.1, -0.05) is 54.2 Å². The van der Waals surface area contributed by atoms with Crippen molar-refractivity contribution in [2.75, 3.05) is 11.9 Å². The number of carbonyl (C=O) groups is 2. The van der Waals surface area contributed by atoms with Crippen molar-refractivity contribution in [2.24, 2.45) is 0 Å². The average molecular weight is 484 g/mol. The van der Waals surface area contributed by atoms with Crippen LogP contribution in [0, 0.1) is 0 Å². The van der Waals surface area contributed by atoms with Crippen molar-refractivity contribution >= 4 is 40.4 Å². The van der Waals surface area contributed by atoms with Crippen molar-refractivity contribution in [3.05, 3.63) is 83.9 Å². The zero-order chi connectivity index (χ0) is 23.9. The third-order valence-corrected chi connectivity index (χ3v) is 5.45. The molecule has 0 aliphatic carbocycles. The number of benzene rings is 3. The standard InChI is InChI=1S/C24H18F2N2O5S/c25-23(26)32-19-11-5-3-9-17(19)27-21(29)13-31-22(30)16-8-2-1-7-15(16)14-34-24-28-18-10-4-6-12-20(18)33-24/h1-12,23H,13-14H2,(H,27,29). The van der Waals surface area contributed by atoms with Gasteiger partial charge in [0.1, 0.15) is 11.3 Å². The average Bonchev–Trinajstić information content (AvgIpc) is 3.25. The minimum absolute atomic E-state index is 0.0407. The highest BCUT2D eigenvalue weighted by molar-refractivity contribution is 7.98. The Kier molecular flexibility index (Phi) is 7.38. The second kappa shape index (κ2) is 10.8. The Balaban J connectivity index is 1.36. The number of ether oxygens (including phenoxy) is 2. The molecule has 3 aromatic carbocycles. The first-order valence-electron chi connectivity index (χ1n) is 10.1. The third-order valence-electron chi connectivity index (χ3n) is 4.57. The van der Waals surface area contributed by atoms with Gasteiger partial charge in [-0.15, -0.1) is 0 Å². The first-order valence-corrected chi connectivity index (χ1v) is 11.1. The molecule has 4 rings (SSSR count). The Morgan fingerprint density at radius 3 is 2.56 bits per heavy atom. The molecule has 7 nitrogen and oxygen atoms in total. The van der Waals surface area contributed by atoms with Gasteiger partial charge >= 0.3 is 12.6 Å². The lowest BCUT2D eigenvalue weighted by Crippen LogP contribution is -2.22. The lowest BCUT2D eigenvalue weighted by molar-refractivity contribution is -0.119. The zero-order valence-corrected chi connectivity index (χ0v) is 18.4. The van der Waals surface area contributed by atoms with E-state index in [1.165, 1.54) is 30.0 Å². The summed E-state index contributed by atoms with van der Waals surface area (Å²) >= 11 is 1.32. The first-order chi connectivity index (χ1) is 16.5. The van der Waals surface area contributed by atoms with E-state index in [2.05, 4.69) is 15.0 Å². The molecule has 0 saturated carbocycles. The lowest BCUT2D eigenvalue weighted by Gasteiger charge is -2.12. The number of alkyl halides is 2. The van der Waals surface area contributed by atoms with E-state index in [0.717, 1.165) is 5.52 Å². The van der Waals surface area contributed by atoms with Crippen molar-refractivity contribution in [2.45, 2.75) is 17.6 Å². The maximum absolute atomic E-state index is 12.6. The summed E-state index contributed by atoms with van der Waals surface area (Å²) < 4.78 is 40.2. The van der Waals surface area contributed by atoms with Crippen LogP contribution in [0.3, 0.4) is 0 Å². The molecule has 0 aliphatic heterocycles. The number of nitrogens with zero attached hydrogens (tertiary/aromatic N) is 1. The lowest BCUT2D eigenvalue weighted by atomic mass is 10.1. The van der Waals surface area contributed by atoms with Gasteiger partial charge in [-0.2, -0.15) is 8.78 Å². The predicted octanol–water partition coefficient (Wildman–Crippen LogP) is 5.52. The Hall–Kier alpha value is -3.92. The molecule has 0 spiro atoms. The number of halogens is 2. The molecule has 10 heteroatoms. The maximum Gasteiger partial charge on any atom is 0.387 e. The van der Waals surface area contributed by atoms with Crippen LogP contribution in [-0.4, -0.2) is 30.1 Å². The van der Waals surface area contributed by atoms with E-state index in [0.29, 0.717) is 27.7 Å². The smallest absolute Gasteiger partial charge is 0.387 e. The van der Waals surface area contributed by atoms with E-state index in [4.69, 9.17) is 9.15 Å². The largest absolute Gasteiger partial charge is 0.452 e. The topological polar surface area (TPSA) is 90.7 Å². The number of nitrogens with one attached hydrogen (secondary N) is 1. The number of thioether (sulfide) groups is 1. The van der Waals surface area contributed by atoms with Gasteiger partial charge in [0, 0.05) is 5.75 Å². The summed E-state index contributed by atoms with van der Waals surface area (Å²) in [5, 5.41) is 2.86. The molecule has 0 radical (unpaired) electrons. The van der Waals surface area contributed by atoms with E-state index in [9.17, 15) is 18.4 Å². The van der Waals surface area contributed by atoms with Crippen LogP contribution < -0.4 is 10.1 Å².